The normalized spacial score (nSPS) is 11.4. The van der Waals surface area contributed by atoms with Gasteiger partial charge in [-0.2, -0.15) is 0 Å². The Bertz CT molecular complexity index is 1250. The highest BCUT2D eigenvalue weighted by atomic mass is 32.2. The third-order valence-corrected chi connectivity index (χ3v) is 6.82. The van der Waals surface area contributed by atoms with Gasteiger partial charge >= 0.3 is 0 Å². The Morgan fingerprint density at radius 3 is 2.66 bits per heavy atom. The van der Waals surface area contributed by atoms with Crippen molar-refractivity contribution in [2.24, 2.45) is 0 Å². The van der Waals surface area contributed by atoms with Crippen LogP contribution in [0.4, 0.5) is 9.52 Å². The second-order valence-electron chi connectivity index (χ2n) is 5.88. The highest BCUT2D eigenvalue weighted by molar-refractivity contribution is 7.93. The molecule has 0 aliphatic heterocycles. The Morgan fingerprint density at radius 2 is 1.97 bits per heavy atom. The Balaban J connectivity index is 1.61. The van der Waals surface area contributed by atoms with Crippen LogP contribution in [0.1, 0.15) is 5.01 Å². The van der Waals surface area contributed by atoms with Crippen LogP contribution in [0, 0.1) is 12.7 Å². The quantitative estimate of drug-likeness (QED) is 0.433. The van der Waals surface area contributed by atoms with Gasteiger partial charge in [0.2, 0.25) is 0 Å². The zero-order chi connectivity index (χ0) is 20.4. The first-order chi connectivity index (χ1) is 13.9. The second kappa shape index (κ2) is 7.90. The van der Waals surface area contributed by atoms with Crippen LogP contribution in [0.5, 0.6) is 11.5 Å². The maximum atomic E-state index is 14.6. The Hall–Kier alpha value is -2.82. The van der Waals surface area contributed by atoms with Crippen molar-refractivity contribution in [3.05, 3.63) is 70.2 Å². The van der Waals surface area contributed by atoms with Gasteiger partial charge in [-0.15, -0.1) is 22.7 Å². The van der Waals surface area contributed by atoms with Crippen molar-refractivity contribution in [1.29, 1.82) is 0 Å². The summed E-state index contributed by atoms with van der Waals surface area (Å²) in [5, 5.41) is 4.62. The molecule has 2 aromatic carbocycles. The number of benzene rings is 2. The van der Waals surface area contributed by atoms with E-state index in [1.165, 1.54) is 23.6 Å². The van der Waals surface area contributed by atoms with E-state index in [4.69, 9.17) is 4.74 Å². The van der Waals surface area contributed by atoms with Gasteiger partial charge in [0.1, 0.15) is 22.2 Å². The van der Waals surface area contributed by atoms with Crippen LogP contribution >= 0.6 is 22.7 Å². The average molecular weight is 448 g/mol. The van der Waals surface area contributed by atoms with Crippen molar-refractivity contribution >= 4 is 37.8 Å². The fraction of sp³-hybridized carbons (Fsp3) is 0.0526. The van der Waals surface area contributed by atoms with Crippen molar-refractivity contribution in [2.45, 2.75) is 11.8 Å². The summed E-state index contributed by atoms with van der Waals surface area (Å²) < 4.78 is 47.5. The highest BCUT2D eigenvalue weighted by Crippen LogP contribution is 2.34. The summed E-state index contributed by atoms with van der Waals surface area (Å²) in [6, 6.07) is 10.9. The lowest BCUT2D eigenvalue weighted by molar-refractivity contribution is 0.475. The number of rotatable bonds is 6. The van der Waals surface area contributed by atoms with Crippen molar-refractivity contribution in [3.8, 4) is 22.8 Å². The molecule has 0 saturated carbocycles. The molecule has 0 unspecified atom stereocenters. The van der Waals surface area contributed by atoms with E-state index in [2.05, 4.69) is 14.7 Å². The van der Waals surface area contributed by atoms with Gasteiger partial charge in [-0.3, -0.25) is 4.72 Å². The van der Waals surface area contributed by atoms with Crippen molar-refractivity contribution in [3.63, 3.8) is 0 Å². The Morgan fingerprint density at radius 1 is 1.14 bits per heavy atom. The van der Waals surface area contributed by atoms with Crippen LogP contribution < -0.4 is 9.46 Å². The highest BCUT2D eigenvalue weighted by Gasteiger charge is 2.21. The number of aryl methyl sites for hydroxylation is 1. The molecular weight excluding hydrogens is 433 g/mol. The predicted molar refractivity (Wildman–Crippen MR) is 112 cm³/mol. The number of sulfonamides is 1. The van der Waals surface area contributed by atoms with Crippen LogP contribution in [0.2, 0.25) is 0 Å². The fourth-order valence-corrected chi connectivity index (χ4v) is 5.05. The van der Waals surface area contributed by atoms with E-state index in [0.29, 0.717) is 5.75 Å². The number of hydrogen-bond acceptors (Lipinski definition) is 7. The first-order valence-electron chi connectivity index (χ1n) is 8.33. The predicted octanol–water partition coefficient (Wildman–Crippen LogP) is 5.31. The van der Waals surface area contributed by atoms with E-state index in [1.807, 2.05) is 24.4 Å². The summed E-state index contributed by atoms with van der Waals surface area (Å²) in [4.78, 5) is 7.82. The summed E-state index contributed by atoms with van der Waals surface area (Å²) in [5.41, 5.74) is 1.52. The molecule has 0 fully saturated rings. The summed E-state index contributed by atoms with van der Waals surface area (Å²) >= 11 is 2.62. The number of para-hydroxylation sites is 1. The van der Waals surface area contributed by atoms with Crippen LogP contribution in [0.15, 0.2) is 64.3 Å². The SMILES string of the molecule is Cc1nc(-c2ccccc2Oc2ccc(S(=O)(=O)Nc3nccs3)c(F)c2)cs1. The minimum absolute atomic E-state index is 0.164. The van der Waals surface area contributed by atoms with Crippen LogP contribution in [-0.4, -0.2) is 18.4 Å². The lowest BCUT2D eigenvalue weighted by atomic mass is 10.1. The molecule has 148 valence electrons. The van der Waals surface area contributed by atoms with Gasteiger partial charge in [-0.05, 0) is 31.2 Å². The molecule has 0 aliphatic rings. The smallest absolute Gasteiger partial charge is 0.266 e. The number of anilines is 1. The van der Waals surface area contributed by atoms with Gasteiger partial charge < -0.3 is 4.74 Å². The van der Waals surface area contributed by atoms with Gasteiger partial charge in [0.15, 0.2) is 5.13 Å². The van der Waals surface area contributed by atoms with Gasteiger partial charge in [0.25, 0.3) is 10.0 Å². The summed E-state index contributed by atoms with van der Waals surface area (Å²) in [5.74, 6) is -0.252. The molecule has 4 rings (SSSR count). The van der Waals surface area contributed by atoms with Gasteiger partial charge in [0.05, 0.1) is 10.7 Å². The molecule has 0 bridgehead atoms. The van der Waals surface area contributed by atoms with Crippen molar-refractivity contribution in [2.75, 3.05) is 4.72 Å². The number of ether oxygens (including phenoxy) is 1. The third-order valence-electron chi connectivity index (χ3n) is 3.86. The largest absolute Gasteiger partial charge is 0.457 e. The maximum absolute atomic E-state index is 14.6. The number of nitrogens with zero attached hydrogens (tertiary/aromatic N) is 2. The number of hydrogen-bond donors (Lipinski definition) is 1. The summed E-state index contributed by atoms with van der Waals surface area (Å²) in [7, 11) is -4.09. The molecule has 6 nitrogen and oxygen atoms in total. The fourth-order valence-electron chi connectivity index (χ4n) is 2.59. The maximum Gasteiger partial charge on any atom is 0.266 e. The molecule has 2 aromatic heterocycles. The van der Waals surface area contributed by atoms with E-state index in [0.717, 1.165) is 39.7 Å². The van der Waals surface area contributed by atoms with Crippen LogP contribution in [0.25, 0.3) is 11.3 Å². The average Bonchev–Trinajstić information content (AvgIpc) is 3.33. The molecule has 29 heavy (non-hydrogen) atoms. The van der Waals surface area contributed by atoms with Crippen molar-refractivity contribution < 1.29 is 17.5 Å². The molecule has 0 aliphatic carbocycles. The zero-order valence-corrected chi connectivity index (χ0v) is 17.4. The van der Waals surface area contributed by atoms with E-state index in [1.54, 1.807) is 17.5 Å². The van der Waals surface area contributed by atoms with Gasteiger partial charge in [0, 0.05) is 28.6 Å². The number of thiazole rings is 2. The van der Waals surface area contributed by atoms with E-state index >= 15 is 0 Å². The molecular formula is C19H14FN3O3S3. The second-order valence-corrected chi connectivity index (χ2v) is 9.49. The molecule has 0 atom stereocenters. The lowest BCUT2D eigenvalue weighted by Gasteiger charge is -2.11. The standard InChI is InChI=1S/C19H14FN3O3S3/c1-12-22-16(11-28-12)14-4-2-3-5-17(14)26-13-6-7-18(15(20)10-13)29(24,25)23-19-21-8-9-27-19/h2-11H,1H3,(H,21,23). The van der Waals surface area contributed by atoms with E-state index < -0.39 is 20.7 Å². The van der Waals surface area contributed by atoms with E-state index in [-0.39, 0.29) is 10.9 Å². The van der Waals surface area contributed by atoms with Crippen molar-refractivity contribution in [1.82, 2.24) is 9.97 Å². The number of aromatic nitrogens is 2. The van der Waals surface area contributed by atoms with E-state index in [9.17, 15) is 12.8 Å². The monoisotopic (exact) mass is 447 g/mol. The number of nitrogens with one attached hydrogen (secondary N) is 1. The third kappa shape index (κ3) is 4.29. The molecule has 10 heteroatoms. The summed E-state index contributed by atoms with van der Waals surface area (Å²) in [6.45, 7) is 1.91. The Labute approximate surface area is 174 Å². The zero-order valence-electron chi connectivity index (χ0n) is 15.0. The molecule has 1 N–H and O–H groups in total. The van der Waals surface area contributed by atoms with Crippen LogP contribution in [-0.2, 0) is 10.0 Å². The molecule has 4 aromatic rings. The Kier molecular flexibility index (Phi) is 5.31. The molecule has 0 saturated heterocycles. The summed E-state index contributed by atoms with van der Waals surface area (Å²) in [6.07, 6.45) is 1.46. The molecule has 0 spiro atoms. The first-order valence-corrected chi connectivity index (χ1v) is 11.6. The number of halogens is 1. The van der Waals surface area contributed by atoms with Crippen LogP contribution in [0.3, 0.4) is 0 Å². The first kappa shape index (κ1) is 19.5. The minimum atomic E-state index is -4.09. The topological polar surface area (TPSA) is 81.2 Å². The lowest BCUT2D eigenvalue weighted by Crippen LogP contribution is -2.14. The molecule has 2 heterocycles. The molecule has 0 amide bonds. The molecule has 0 radical (unpaired) electrons. The van der Waals surface area contributed by atoms with Gasteiger partial charge in [-0.1, -0.05) is 12.1 Å². The van der Waals surface area contributed by atoms with Gasteiger partial charge in [-0.25, -0.2) is 22.8 Å². The minimum Gasteiger partial charge on any atom is -0.457 e.